The van der Waals surface area contributed by atoms with Crippen LogP contribution >= 0.6 is 0 Å². The highest BCUT2D eigenvalue weighted by atomic mass is 32.2. The Morgan fingerprint density at radius 3 is 2.52 bits per heavy atom. The van der Waals surface area contributed by atoms with Crippen LogP contribution in [-0.4, -0.2) is 43.6 Å². The predicted octanol–water partition coefficient (Wildman–Crippen LogP) is 4.83. The molecule has 2 rings (SSSR count). The number of aromatic hydroxyl groups is 1. The van der Waals surface area contributed by atoms with Crippen LogP contribution in [0.15, 0.2) is 18.2 Å². The molecule has 0 spiro atoms. The van der Waals surface area contributed by atoms with E-state index in [1.165, 1.54) is 42.5 Å². The number of likely N-dealkylation sites (tertiary alicyclic amines) is 1. The van der Waals surface area contributed by atoms with Crippen LogP contribution in [-0.2, 0) is 15.4 Å². The van der Waals surface area contributed by atoms with Crippen molar-refractivity contribution < 1.29 is 26.7 Å². The molecule has 1 aromatic carbocycles. The second-order valence-electron chi connectivity index (χ2n) is 8.21. The topological polar surface area (TPSA) is 69.6 Å². The van der Waals surface area contributed by atoms with Crippen LogP contribution in [0.2, 0.25) is 0 Å². The second kappa shape index (κ2) is 9.12. The monoisotopic (exact) mass is 436 g/mol. The highest BCUT2D eigenvalue weighted by molar-refractivity contribution is 7.93. The highest BCUT2D eigenvalue weighted by Crippen LogP contribution is 2.42. The first kappa shape index (κ1) is 23.8. The maximum absolute atomic E-state index is 12.6. The normalized spacial score (nSPS) is 23.9. The van der Waals surface area contributed by atoms with Crippen molar-refractivity contribution in [2.45, 2.75) is 63.8 Å². The summed E-state index contributed by atoms with van der Waals surface area (Å²) in [6.45, 7) is 9.28. The summed E-state index contributed by atoms with van der Waals surface area (Å²) in [7, 11) is -5.57. The quantitative estimate of drug-likeness (QED) is 0.452. The number of piperidine rings is 1. The van der Waals surface area contributed by atoms with Crippen molar-refractivity contribution in [2.24, 2.45) is 5.92 Å². The molecule has 1 aromatic rings. The summed E-state index contributed by atoms with van der Waals surface area (Å²) in [6.07, 6.45) is 5.70. The van der Waals surface area contributed by atoms with E-state index >= 15 is 0 Å². The molecule has 2 atom stereocenters. The molecule has 0 saturated carbocycles. The average Bonchev–Trinajstić information content (AvgIpc) is 2.62. The number of hydrogen-bond acceptors (Lipinski definition) is 4. The third-order valence-corrected chi connectivity index (χ3v) is 7.20. The first-order valence-electron chi connectivity index (χ1n) is 10.1. The van der Waals surface area contributed by atoms with E-state index in [2.05, 4.69) is 25.7 Å². The minimum atomic E-state index is -5.57. The zero-order valence-electron chi connectivity index (χ0n) is 17.2. The fraction of sp³-hybridized carbons (Fsp3) is 0.700. The van der Waals surface area contributed by atoms with Gasteiger partial charge in [-0.2, -0.15) is 21.6 Å². The van der Waals surface area contributed by atoms with E-state index in [1.807, 2.05) is 0 Å². The molecular formula is C20H31F3N2O3S. The van der Waals surface area contributed by atoms with Gasteiger partial charge in [-0.1, -0.05) is 46.1 Å². The standard InChI is InChI=1S/C20H31F3N2O3S/c1-4-5-6-7-11-25-12-10-19(3,15(2)14-25)16-8-9-17(18(26)13-16)24-29(27,28)20(21,22)23/h8-9,13,15,24,26H,4-7,10-12,14H2,1-3H3. The molecule has 1 saturated heterocycles. The zero-order valence-corrected chi connectivity index (χ0v) is 18.0. The number of anilines is 1. The van der Waals surface area contributed by atoms with E-state index in [1.54, 1.807) is 6.07 Å². The van der Waals surface area contributed by atoms with Crippen molar-refractivity contribution in [3.05, 3.63) is 23.8 Å². The van der Waals surface area contributed by atoms with Gasteiger partial charge in [0.25, 0.3) is 0 Å². The lowest BCUT2D eigenvalue weighted by atomic mass is 9.68. The summed E-state index contributed by atoms with van der Waals surface area (Å²) in [5.74, 6) is -0.231. The van der Waals surface area contributed by atoms with Crippen LogP contribution in [0, 0.1) is 5.92 Å². The number of nitrogens with zero attached hydrogens (tertiary/aromatic N) is 1. The van der Waals surface area contributed by atoms with Gasteiger partial charge in [0, 0.05) is 6.54 Å². The first-order valence-corrected chi connectivity index (χ1v) is 11.5. The van der Waals surface area contributed by atoms with Crippen molar-refractivity contribution in [1.29, 1.82) is 0 Å². The fourth-order valence-electron chi connectivity index (χ4n) is 3.89. The van der Waals surface area contributed by atoms with Gasteiger partial charge in [0.15, 0.2) is 0 Å². The number of nitrogens with one attached hydrogen (secondary N) is 1. The van der Waals surface area contributed by atoms with Gasteiger partial charge in [-0.15, -0.1) is 0 Å². The van der Waals surface area contributed by atoms with Crippen LogP contribution in [0.25, 0.3) is 0 Å². The lowest BCUT2D eigenvalue weighted by Gasteiger charge is -2.45. The third kappa shape index (κ3) is 5.57. The Balaban J connectivity index is 2.10. The number of sulfonamides is 1. The first-order chi connectivity index (χ1) is 13.4. The van der Waals surface area contributed by atoms with E-state index < -0.39 is 27.0 Å². The molecular weight excluding hydrogens is 405 g/mol. The van der Waals surface area contributed by atoms with E-state index in [0.29, 0.717) is 0 Å². The van der Waals surface area contributed by atoms with Crippen LogP contribution in [0.1, 0.15) is 58.4 Å². The maximum atomic E-state index is 12.6. The Morgan fingerprint density at radius 2 is 1.97 bits per heavy atom. The molecule has 0 amide bonds. The molecule has 1 fully saturated rings. The Hall–Kier alpha value is -1.48. The summed E-state index contributed by atoms with van der Waals surface area (Å²) >= 11 is 0. The van der Waals surface area contributed by atoms with E-state index in [0.717, 1.165) is 31.6 Å². The van der Waals surface area contributed by atoms with Gasteiger partial charge in [-0.25, -0.2) is 0 Å². The number of halogens is 3. The van der Waals surface area contributed by atoms with Crippen molar-refractivity contribution in [3.8, 4) is 5.75 Å². The number of alkyl halides is 3. The Kier molecular flexibility index (Phi) is 7.48. The minimum absolute atomic E-state index is 0.251. The van der Waals surface area contributed by atoms with Crippen LogP contribution in [0.5, 0.6) is 5.75 Å². The second-order valence-corrected chi connectivity index (χ2v) is 9.89. The maximum Gasteiger partial charge on any atom is 0.516 e. The summed E-state index contributed by atoms with van der Waals surface area (Å²) < 4.78 is 61.7. The number of hydrogen-bond donors (Lipinski definition) is 2. The zero-order chi connectivity index (χ0) is 21.9. The van der Waals surface area contributed by atoms with Crippen LogP contribution in [0.3, 0.4) is 0 Å². The molecule has 2 unspecified atom stereocenters. The number of rotatable bonds is 8. The molecule has 1 aliphatic heterocycles. The minimum Gasteiger partial charge on any atom is -0.506 e. The molecule has 166 valence electrons. The van der Waals surface area contributed by atoms with Crippen molar-refractivity contribution >= 4 is 15.7 Å². The van der Waals surface area contributed by atoms with Crippen LogP contribution < -0.4 is 4.72 Å². The Labute approximate surface area is 171 Å². The fourth-order valence-corrected chi connectivity index (χ4v) is 4.46. The molecule has 0 bridgehead atoms. The number of benzene rings is 1. The highest BCUT2D eigenvalue weighted by Gasteiger charge is 2.46. The van der Waals surface area contributed by atoms with Crippen molar-refractivity contribution in [3.63, 3.8) is 0 Å². The van der Waals surface area contributed by atoms with Gasteiger partial charge in [0.1, 0.15) is 5.75 Å². The molecule has 5 nitrogen and oxygen atoms in total. The summed E-state index contributed by atoms with van der Waals surface area (Å²) in [6, 6.07) is 4.17. The lowest BCUT2D eigenvalue weighted by Crippen LogP contribution is -2.47. The van der Waals surface area contributed by atoms with E-state index in [9.17, 15) is 26.7 Å². The number of unbranched alkanes of at least 4 members (excludes halogenated alkanes) is 3. The van der Waals surface area contributed by atoms with Crippen molar-refractivity contribution in [2.75, 3.05) is 24.4 Å². The van der Waals surface area contributed by atoms with Gasteiger partial charge >= 0.3 is 15.5 Å². The molecule has 0 radical (unpaired) electrons. The average molecular weight is 437 g/mol. The Morgan fingerprint density at radius 1 is 1.28 bits per heavy atom. The largest absolute Gasteiger partial charge is 0.516 e. The summed E-state index contributed by atoms with van der Waals surface area (Å²) in [5.41, 5.74) is -5.37. The van der Waals surface area contributed by atoms with Gasteiger partial charge in [0.05, 0.1) is 5.69 Å². The lowest BCUT2D eigenvalue weighted by molar-refractivity contribution is -0.0429. The SMILES string of the molecule is CCCCCCN1CCC(C)(c2ccc(NS(=O)(=O)C(F)(F)F)c(O)c2)C(C)C1. The molecule has 29 heavy (non-hydrogen) atoms. The molecule has 9 heteroatoms. The summed E-state index contributed by atoms with van der Waals surface area (Å²) in [4.78, 5) is 2.44. The van der Waals surface area contributed by atoms with E-state index in [4.69, 9.17) is 0 Å². The van der Waals surface area contributed by atoms with Crippen molar-refractivity contribution in [1.82, 2.24) is 4.90 Å². The molecule has 0 aromatic heterocycles. The van der Waals surface area contributed by atoms with E-state index in [-0.39, 0.29) is 11.3 Å². The molecule has 1 heterocycles. The predicted molar refractivity (Wildman–Crippen MR) is 108 cm³/mol. The molecule has 0 aliphatic carbocycles. The smallest absolute Gasteiger partial charge is 0.506 e. The molecule has 1 aliphatic rings. The van der Waals surface area contributed by atoms with Gasteiger partial charge in [-0.05, 0) is 55.0 Å². The van der Waals surface area contributed by atoms with Gasteiger partial charge in [-0.3, -0.25) is 4.72 Å². The summed E-state index contributed by atoms with van der Waals surface area (Å²) in [5, 5.41) is 10.2. The van der Waals surface area contributed by atoms with Crippen LogP contribution in [0.4, 0.5) is 18.9 Å². The number of phenols is 1. The third-order valence-electron chi connectivity index (χ3n) is 6.10. The Bertz CT molecular complexity index is 799. The van der Waals surface area contributed by atoms with Gasteiger partial charge < -0.3 is 10.0 Å². The molecule has 2 N–H and O–H groups in total. The van der Waals surface area contributed by atoms with Gasteiger partial charge in [0.2, 0.25) is 0 Å². The number of phenolic OH excluding ortho intramolecular Hbond substituents is 1.